The Morgan fingerprint density at radius 2 is 1.29 bits per heavy atom. The van der Waals surface area contributed by atoms with Crippen molar-refractivity contribution in [3.05, 3.63) is 135 Å². The maximum Gasteiger partial charge on any atom is 0.211 e. The van der Waals surface area contributed by atoms with Crippen molar-refractivity contribution in [2.75, 3.05) is 18.0 Å². The molecule has 0 atom stereocenters. The van der Waals surface area contributed by atoms with E-state index in [-0.39, 0.29) is 0 Å². The van der Waals surface area contributed by atoms with Crippen LogP contribution in [-0.2, 0) is 0 Å². The lowest BCUT2D eigenvalue weighted by Crippen LogP contribution is -2.21. The monoisotopic (exact) mass is 653 g/mol. The Balaban J connectivity index is 1.51. The number of rotatable bonds is 12. The zero-order valence-corrected chi connectivity index (χ0v) is 31.6. The van der Waals surface area contributed by atoms with Crippen LogP contribution in [0.15, 0.2) is 95.6 Å². The Morgan fingerprint density at radius 3 is 1.84 bits per heavy atom. The molecule has 0 radical (unpaired) electrons. The number of aromatic hydroxyl groups is 1. The molecule has 3 heteroatoms. The summed E-state index contributed by atoms with van der Waals surface area (Å²) in [5, 5.41) is 11.6. The molecular weight excluding hydrogens is 597 g/mol. The molecule has 0 heterocycles. The highest BCUT2D eigenvalue weighted by atomic mass is 16.3. The number of hydrogen-bond acceptors (Lipinski definition) is 2. The summed E-state index contributed by atoms with van der Waals surface area (Å²) < 4.78 is 2.51. The van der Waals surface area contributed by atoms with Gasteiger partial charge in [-0.1, -0.05) is 63.5 Å². The quantitative estimate of drug-likeness (QED) is 0.155. The Hall–Kier alpha value is -4.37. The van der Waals surface area contributed by atoms with Crippen LogP contribution in [0.25, 0.3) is 5.57 Å². The number of aryl methyl sites for hydroxylation is 6. The second-order valence-electron chi connectivity index (χ2n) is 14.2. The summed E-state index contributed by atoms with van der Waals surface area (Å²) in [5.41, 5.74) is 19.2. The Kier molecular flexibility index (Phi) is 11.3. The van der Waals surface area contributed by atoms with Crippen molar-refractivity contribution in [2.24, 2.45) is 0 Å². The van der Waals surface area contributed by atoms with E-state index in [9.17, 15) is 5.11 Å². The normalized spacial score (nSPS) is 14.2. The third kappa shape index (κ3) is 7.32. The summed E-state index contributed by atoms with van der Waals surface area (Å²) in [5.74, 6) is 0.310. The highest BCUT2D eigenvalue weighted by molar-refractivity contribution is 6.05. The van der Waals surface area contributed by atoms with Crippen molar-refractivity contribution in [3.8, 4) is 5.75 Å². The van der Waals surface area contributed by atoms with E-state index in [0.29, 0.717) is 5.75 Å². The van der Waals surface area contributed by atoms with Crippen LogP contribution < -0.4 is 4.90 Å². The summed E-state index contributed by atoms with van der Waals surface area (Å²) in [4.78, 5) is 2.38. The van der Waals surface area contributed by atoms with Crippen molar-refractivity contribution >= 4 is 28.3 Å². The molecule has 49 heavy (non-hydrogen) atoms. The highest BCUT2D eigenvalue weighted by Gasteiger charge is 2.32. The van der Waals surface area contributed by atoms with E-state index in [1.165, 1.54) is 80.0 Å². The minimum Gasteiger partial charge on any atom is -0.507 e. The van der Waals surface area contributed by atoms with Gasteiger partial charge < -0.3 is 10.0 Å². The molecule has 0 fully saturated rings. The van der Waals surface area contributed by atoms with Gasteiger partial charge in [0.2, 0.25) is 11.4 Å². The third-order valence-electron chi connectivity index (χ3n) is 10.1. The average molecular weight is 654 g/mol. The predicted octanol–water partition coefficient (Wildman–Crippen LogP) is 12.3. The van der Waals surface area contributed by atoms with Crippen LogP contribution in [0, 0.1) is 41.5 Å². The van der Waals surface area contributed by atoms with E-state index in [4.69, 9.17) is 0 Å². The van der Waals surface area contributed by atoms with Gasteiger partial charge in [0.1, 0.15) is 12.3 Å². The van der Waals surface area contributed by atoms with Crippen LogP contribution in [0.3, 0.4) is 0 Å². The van der Waals surface area contributed by atoms with Crippen LogP contribution in [0.5, 0.6) is 5.75 Å². The second-order valence-corrected chi connectivity index (χ2v) is 14.2. The van der Waals surface area contributed by atoms with Crippen molar-refractivity contribution in [2.45, 2.75) is 101 Å². The molecule has 256 valence electrons. The SMILES string of the molecule is C=C1C(=C2C=CC(=[N+](CCCCC)c3c(C)cc(C)cc3C)C=C2)C(CC)=C1c1ccc(N(CCCC)c2c(C)cc(C)cc2C)cc1O. The van der Waals surface area contributed by atoms with Crippen LogP contribution in [0.2, 0.25) is 0 Å². The highest BCUT2D eigenvalue weighted by Crippen LogP contribution is 2.51. The molecule has 0 aliphatic heterocycles. The van der Waals surface area contributed by atoms with E-state index < -0.39 is 0 Å². The first-order valence-corrected chi connectivity index (χ1v) is 18.4. The smallest absolute Gasteiger partial charge is 0.211 e. The van der Waals surface area contributed by atoms with E-state index in [1.807, 2.05) is 6.07 Å². The average Bonchev–Trinajstić information content (AvgIpc) is 3.04. The van der Waals surface area contributed by atoms with Crippen LogP contribution in [0.4, 0.5) is 17.1 Å². The standard InChI is InChI=1S/C46H56N2O/c1-11-14-16-24-47(45-32(6)25-30(4)26-33(45)7)38-19-17-37(18-20-38)43-36(10)44(40(43)13-3)41-22-21-39(29-42(41)49)48(23-15-12-2)46-34(8)27-31(5)28-35(46)9/h17-22,25-29H,10-16,23-24H2,1-9H3/p+1. The predicted molar refractivity (Wildman–Crippen MR) is 212 cm³/mol. The molecular formula is C46H57N2O+. The zero-order chi connectivity index (χ0) is 35.4. The van der Waals surface area contributed by atoms with Gasteiger partial charge in [0.15, 0.2) is 0 Å². The summed E-state index contributed by atoms with van der Waals surface area (Å²) in [6.45, 7) is 26.3. The first-order chi connectivity index (χ1) is 23.5. The molecule has 0 unspecified atom stereocenters. The van der Waals surface area contributed by atoms with E-state index in [1.54, 1.807) is 0 Å². The number of hydrogen-bond donors (Lipinski definition) is 1. The lowest BCUT2D eigenvalue weighted by molar-refractivity contribution is -0.440. The Morgan fingerprint density at radius 1 is 0.694 bits per heavy atom. The second kappa shape index (κ2) is 15.5. The van der Waals surface area contributed by atoms with E-state index >= 15 is 0 Å². The van der Waals surface area contributed by atoms with Gasteiger partial charge in [0.25, 0.3) is 0 Å². The molecule has 2 aliphatic rings. The maximum atomic E-state index is 11.6. The van der Waals surface area contributed by atoms with E-state index in [0.717, 1.165) is 61.2 Å². The first-order valence-electron chi connectivity index (χ1n) is 18.4. The van der Waals surface area contributed by atoms with Crippen molar-refractivity contribution in [1.82, 2.24) is 0 Å². The largest absolute Gasteiger partial charge is 0.507 e. The van der Waals surface area contributed by atoms with Gasteiger partial charge in [0.05, 0.1) is 0 Å². The number of benzene rings is 3. The fourth-order valence-corrected chi connectivity index (χ4v) is 8.06. The topological polar surface area (TPSA) is 26.5 Å². The number of anilines is 2. The van der Waals surface area contributed by atoms with Gasteiger partial charge in [-0.05, 0) is 136 Å². The lowest BCUT2D eigenvalue weighted by atomic mass is 9.71. The molecule has 0 saturated heterocycles. The molecule has 3 aromatic carbocycles. The summed E-state index contributed by atoms with van der Waals surface area (Å²) >= 11 is 0. The number of phenols is 1. The van der Waals surface area contributed by atoms with Gasteiger partial charge in [-0.25, -0.2) is 0 Å². The fraction of sp³-hybridized carbons (Fsp3) is 0.370. The van der Waals surface area contributed by atoms with E-state index in [2.05, 4.69) is 139 Å². The Labute approximate surface area is 296 Å². The molecule has 3 aromatic rings. The minimum absolute atomic E-state index is 0.310. The van der Waals surface area contributed by atoms with Crippen molar-refractivity contribution < 1.29 is 9.68 Å². The number of nitrogens with zero attached hydrogens (tertiary/aromatic N) is 2. The van der Waals surface area contributed by atoms with Crippen LogP contribution in [0.1, 0.15) is 98.2 Å². The summed E-state index contributed by atoms with van der Waals surface area (Å²) in [6, 6.07) is 15.3. The number of phenolic OH excluding ortho intramolecular Hbond substituents is 1. The van der Waals surface area contributed by atoms with Gasteiger partial charge >= 0.3 is 0 Å². The molecule has 0 bridgehead atoms. The van der Waals surface area contributed by atoms with Crippen LogP contribution >= 0.6 is 0 Å². The third-order valence-corrected chi connectivity index (χ3v) is 10.1. The van der Waals surface area contributed by atoms with Gasteiger partial charge in [-0.15, -0.1) is 0 Å². The van der Waals surface area contributed by atoms with Gasteiger partial charge in [-0.2, -0.15) is 4.58 Å². The van der Waals surface area contributed by atoms with Gasteiger partial charge in [-0.3, -0.25) is 0 Å². The summed E-state index contributed by atoms with van der Waals surface area (Å²) in [7, 11) is 0. The molecule has 3 nitrogen and oxygen atoms in total. The molecule has 0 amide bonds. The molecule has 2 aliphatic carbocycles. The lowest BCUT2D eigenvalue weighted by Gasteiger charge is -2.33. The first kappa shape index (κ1) is 35.9. The molecule has 1 N–H and O–H groups in total. The van der Waals surface area contributed by atoms with Crippen molar-refractivity contribution in [3.63, 3.8) is 0 Å². The van der Waals surface area contributed by atoms with Crippen LogP contribution in [-0.4, -0.2) is 28.5 Å². The molecule has 5 rings (SSSR count). The summed E-state index contributed by atoms with van der Waals surface area (Å²) in [6.07, 6.45) is 15.7. The minimum atomic E-state index is 0.310. The maximum absolute atomic E-state index is 11.6. The number of allylic oxidation sites excluding steroid dienone is 9. The fourth-order valence-electron chi connectivity index (χ4n) is 8.06. The molecule has 0 spiro atoms. The number of unbranched alkanes of at least 4 members (excludes halogenated alkanes) is 3. The van der Waals surface area contributed by atoms with Gasteiger partial charge in [0, 0.05) is 59.2 Å². The molecule has 0 aromatic heterocycles. The zero-order valence-electron chi connectivity index (χ0n) is 31.6. The Bertz CT molecular complexity index is 1860. The molecule has 0 saturated carbocycles. The van der Waals surface area contributed by atoms with Crippen molar-refractivity contribution in [1.29, 1.82) is 0 Å².